The van der Waals surface area contributed by atoms with E-state index >= 15 is 0 Å². The molecule has 2 aromatic rings. The van der Waals surface area contributed by atoms with Crippen molar-refractivity contribution in [3.63, 3.8) is 0 Å². The van der Waals surface area contributed by atoms with Crippen molar-refractivity contribution in [1.82, 2.24) is 9.78 Å². The maximum absolute atomic E-state index is 8.77. The van der Waals surface area contributed by atoms with Gasteiger partial charge in [0.1, 0.15) is 6.73 Å². The van der Waals surface area contributed by atoms with Gasteiger partial charge in [0, 0.05) is 20.1 Å². The van der Waals surface area contributed by atoms with E-state index in [1.54, 1.807) is 0 Å². The van der Waals surface area contributed by atoms with Crippen molar-refractivity contribution in [3.05, 3.63) is 30.0 Å². The van der Waals surface area contributed by atoms with Gasteiger partial charge in [0.05, 0.1) is 24.2 Å². The van der Waals surface area contributed by atoms with Crippen molar-refractivity contribution in [1.29, 1.82) is 5.26 Å². The average Bonchev–Trinajstić information content (AvgIpc) is 2.77. The standard InChI is InChI=1S/C15H21N3OSi/c1-20(2,3)9-8-19-12-18-15-10-13(6-7-16)4-5-14(15)11-17-18/h4-5,10-11H,6,8-9,12H2,1-3H3. The zero-order valence-electron chi connectivity index (χ0n) is 12.4. The summed E-state index contributed by atoms with van der Waals surface area (Å²) in [4.78, 5) is 0. The lowest BCUT2D eigenvalue weighted by molar-refractivity contribution is 0.0817. The minimum atomic E-state index is -1.04. The van der Waals surface area contributed by atoms with Crippen molar-refractivity contribution in [2.24, 2.45) is 0 Å². The number of benzene rings is 1. The molecule has 5 heteroatoms. The van der Waals surface area contributed by atoms with Crippen LogP contribution >= 0.6 is 0 Å². The summed E-state index contributed by atoms with van der Waals surface area (Å²) in [6, 6.07) is 9.34. The Morgan fingerprint density at radius 3 is 2.85 bits per heavy atom. The molecule has 0 aliphatic rings. The summed E-state index contributed by atoms with van der Waals surface area (Å²) in [6.07, 6.45) is 2.27. The molecule has 2 rings (SSSR count). The van der Waals surface area contributed by atoms with Gasteiger partial charge in [0.2, 0.25) is 0 Å². The first-order valence-corrected chi connectivity index (χ1v) is 10.6. The first-order chi connectivity index (χ1) is 9.49. The lowest BCUT2D eigenvalue weighted by Gasteiger charge is -2.15. The molecule has 0 unspecified atom stereocenters. The van der Waals surface area contributed by atoms with Crippen molar-refractivity contribution in [2.45, 2.75) is 38.8 Å². The molecule has 0 spiro atoms. The number of rotatable bonds is 6. The zero-order valence-corrected chi connectivity index (χ0v) is 13.4. The van der Waals surface area contributed by atoms with Crippen LogP contribution in [0.3, 0.4) is 0 Å². The number of nitrogens with zero attached hydrogens (tertiary/aromatic N) is 3. The minimum Gasteiger partial charge on any atom is -0.360 e. The molecule has 0 N–H and O–H groups in total. The molecule has 0 amide bonds. The predicted octanol–water partition coefficient (Wildman–Crippen LogP) is 3.41. The number of nitriles is 1. The van der Waals surface area contributed by atoms with Gasteiger partial charge in [-0.2, -0.15) is 10.4 Å². The highest BCUT2D eigenvalue weighted by atomic mass is 28.3. The fourth-order valence-electron chi connectivity index (χ4n) is 1.95. The summed E-state index contributed by atoms with van der Waals surface area (Å²) in [7, 11) is -1.04. The van der Waals surface area contributed by atoms with Crippen LogP contribution in [-0.2, 0) is 17.9 Å². The maximum Gasteiger partial charge on any atom is 0.139 e. The Hall–Kier alpha value is -1.64. The molecular formula is C15H21N3OSi. The van der Waals surface area contributed by atoms with E-state index in [0.29, 0.717) is 13.2 Å². The number of aromatic nitrogens is 2. The quantitative estimate of drug-likeness (QED) is 0.604. The molecule has 4 nitrogen and oxygen atoms in total. The number of hydrogen-bond acceptors (Lipinski definition) is 3. The van der Waals surface area contributed by atoms with Gasteiger partial charge in [0.15, 0.2) is 0 Å². The highest BCUT2D eigenvalue weighted by Gasteiger charge is 2.12. The molecular weight excluding hydrogens is 266 g/mol. The second-order valence-electron chi connectivity index (χ2n) is 6.22. The fraction of sp³-hybridized carbons (Fsp3) is 0.467. The van der Waals surface area contributed by atoms with Crippen LogP contribution in [0.15, 0.2) is 24.4 Å². The second kappa shape index (κ2) is 6.20. The zero-order chi connectivity index (χ0) is 14.6. The van der Waals surface area contributed by atoms with Crippen LogP contribution in [0.2, 0.25) is 25.7 Å². The average molecular weight is 287 g/mol. The van der Waals surface area contributed by atoms with Crippen LogP contribution in [0.4, 0.5) is 0 Å². The molecule has 106 valence electrons. The first kappa shape index (κ1) is 14.8. The summed E-state index contributed by atoms with van der Waals surface area (Å²) in [6.45, 7) is 8.29. The number of fused-ring (bicyclic) bond motifs is 1. The maximum atomic E-state index is 8.77. The van der Waals surface area contributed by atoms with Gasteiger partial charge in [-0.3, -0.25) is 0 Å². The highest BCUT2D eigenvalue weighted by molar-refractivity contribution is 6.76. The molecule has 0 radical (unpaired) electrons. The van der Waals surface area contributed by atoms with E-state index in [0.717, 1.165) is 29.1 Å². The number of hydrogen-bond donors (Lipinski definition) is 0. The molecule has 0 fully saturated rings. The van der Waals surface area contributed by atoms with Gasteiger partial charge in [-0.15, -0.1) is 0 Å². The van der Waals surface area contributed by atoms with Crippen molar-refractivity contribution < 1.29 is 4.74 Å². The predicted molar refractivity (Wildman–Crippen MR) is 83.2 cm³/mol. The van der Waals surface area contributed by atoms with E-state index in [9.17, 15) is 0 Å². The molecule has 1 heterocycles. The van der Waals surface area contributed by atoms with Gasteiger partial charge in [-0.05, 0) is 17.7 Å². The fourth-order valence-corrected chi connectivity index (χ4v) is 2.71. The SMILES string of the molecule is C[Si](C)(C)CCOCn1ncc2ccc(CC#N)cc21. The Balaban J connectivity index is 2.03. The Bertz CT molecular complexity index is 622. The summed E-state index contributed by atoms with van der Waals surface area (Å²) in [5.74, 6) is 0. The van der Waals surface area contributed by atoms with Gasteiger partial charge >= 0.3 is 0 Å². The van der Waals surface area contributed by atoms with E-state index in [1.165, 1.54) is 0 Å². The molecule has 0 bridgehead atoms. The Labute approximate surface area is 121 Å². The summed E-state index contributed by atoms with van der Waals surface area (Å²) in [5, 5.41) is 14.2. The minimum absolute atomic E-state index is 0.428. The third-order valence-corrected chi connectivity index (χ3v) is 4.91. The van der Waals surface area contributed by atoms with Gasteiger partial charge < -0.3 is 4.74 Å². The van der Waals surface area contributed by atoms with Crippen molar-refractivity contribution in [2.75, 3.05) is 6.61 Å². The lowest BCUT2D eigenvalue weighted by Crippen LogP contribution is -2.22. The largest absolute Gasteiger partial charge is 0.360 e. The second-order valence-corrected chi connectivity index (χ2v) is 11.8. The van der Waals surface area contributed by atoms with Crippen molar-refractivity contribution >= 4 is 19.0 Å². The molecule has 0 aliphatic carbocycles. The smallest absolute Gasteiger partial charge is 0.139 e. The molecule has 0 saturated carbocycles. The third kappa shape index (κ3) is 3.92. The van der Waals surface area contributed by atoms with E-state index in [1.807, 2.05) is 29.1 Å². The van der Waals surface area contributed by atoms with Crippen LogP contribution in [-0.4, -0.2) is 24.5 Å². The summed E-state index contributed by atoms with van der Waals surface area (Å²) < 4.78 is 7.59. The van der Waals surface area contributed by atoms with Gasteiger partial charge in [0.25, 0.3) is 0 Å². The van der Waals surface area contributed by atoms with Crippen LogP contribution in [0.5, 0.6) is 0 Å². The van der Waals surface area contributed by atoms with E-state index in [-0.39, 0.29) is 0 Å². The normalized spacial score (nSPS) is 11.7. The summed E-state index contributed by atoms with van der Waals surface area (Å²) >= 11 is 0. The lowest BCUT2D eigenvalue weighted by atomic mass is 10.1. The molecule has 1 aromatic heterocycles. The monoisotopic (exact) mass is 287 g/mol. The Kier molecular flexibility index (Phi) is 4.58. The number of ether oxygens (including phenoxy) is 1. The van der Waals surface area contributed by atoms with E-state index in [4.69, 9.17) is 10.00 Å². The van der Waals surface area contributed by atoms with Crippen LogP contribution < -0.4 is 0 Å². The van der Waals surface area contributed by atoms with E-state index in [2.05, 4.69) is 30.8 Å². The Morgan fingerprint density at radius 2 is 2.15 bits per heavy atom. The molecule has 0 aliphatic heterocycles. The Morgan fingerprint density at radius 1 is 1.35 bits per heavy atom. The highest BCUT2D eigenvalue weighted by Crippen LogP contribution is 2.16. The molecule has 1 aromatic carbocycles. The molecule has 0 atom stereocenters. The van der Waals surface area contributed by atoms with Crippen LogP contribution in [0, 0.1) is 11.3 Å². The van der Waals surface area contributed by atoms with Gasteiger partial charge in [-0.1, -0.05) is 31.8 Å². The van der Waals surface area contributed by atoms with Crippen LogP contribution in [0.1, 0.15) is 5.56 Å². The molecule has 0 saturated heterocycles. The topological polar surface area (TPSA) is 50.8 Å². The first-order valence-electron chi connectivity index (χ1n) is 6.89. The van der Waals surface area contributed by atoms with Crippen LogP contribution in [0.25, 0.3) is 10.9 Å². The summed E-state index contributed by atoms with van der Waals surface area (Å²) in [5.41, 5.74) is 2.05. The third-order valence-electron chi connectivity index (χ3n) is 3.20. The van der Waals surface area contributed by atoms with Gasteiger partial charge in [-0.25, -0.2) is 4.68 Å². The molecule has 20 heavy (non-hydrogen) atoms. The van der Waals surface area contributed by atoms with E-state index < -0.39 is 8.07 Å². The van der Waals surface area contributed by atoms with Crippen molar-refractivity contribution in [3.8, 4) is 6.07 Å².